The van der Waals surface area contributed by atoms with E-state index in [0.29, 0.717) is 46.1 Å². The van der Waals surface area contributed by atoms with Gasteiger partial charge >= 0.3 is 0 Å². The van der Waals surface area contributed by atoms with E-state index in [0.717, 1.165) is 0 Å². The molecule has 2 aromatic heterocycles. The quantitative estimate of drug-likeness (QED) is 0.698. The van der Waals surface area contributed by atoms with Gasteiger partial charge in [0.1, 0.15) is 5.69 Å². The van der Waals surface area contributed by atoms with Gasteiger partial charge in [0, 0.05) is 24.3 Å². The summed E-state index contributed by atoms with van der Waals surface area (Å²) in [6.07, 6.45) is 1.67. The molecule has 0 atom stereocenters. The van der Waals surface area contributed by atoms with Crippen LogP contribution in [0.4, 0.5) is 0 Å². The number of amides is 1. The summed E-state index contributed by atoms with van der Waals surface area (Å²) < 4.78 is 5.31. The van der Waals surface area contributed by atoms with Crippen molar-refractivity contribution in [2.45, 2.75) is 5.92 Å². The molecule has 0 N–H and O–H groups in total. The Labute approximate surface area is 153 Å². The first-order chi connectivity index (χ1) is 12.1. The Bertz CT molecular complexity index is 923. The summed E-state index contributed by atoms with van der Waals surface area (Å²) >= 11 is 12.0. The fourth-order valence-electron chi connectivity index (χ4n) is 2.63. The van der Waals surface area contributed by atoms with Crippen LogP contribution in [0.25, 0.3) is 11.5 Å². The fraction of sp³-hybridized carbons (Fsp3) is 0.176. The van der Waals surface area contributed by atoms with Crippen molar-refractivity contribution < 1.29 is 9.32 Å². The van der Waals surface area contributed by atoms with Crippen molar-refractivity contribution >= 4 is 29.1 Å². The Morgan fingerprint density at radius 3 is 2.76 bits per heavy atom. The summed E-state index contributed by atoms with van der Waals surface area (Å²) in [5, 5.41) is 4.79. The minimum absolute atomic E-state index is 0.0139. The highest BCUT2D eigenvalue weighted by Crippen LogP contribution is 2.30. The second-order valence-electron chi connectivity index (χ2n) is 5.70. The third-order valence-corrected chi connectivity index (χ3v) is 4.56. The van der Waals surface area contributed by atoms with Gasteiger partial charge in [0.25, 0.3) is 5.91 Å². The van der Waals surface area contributed by atoms with Crippen LogP contribution in [-0.4, -0.2) is 39.0 Å². The van der Waals surface area contributed by atoms with Gasteiger partial charge in [-0.2, -0.15) is 4.98 Å². The molecule has 6 nitrogen and oxygen atoms in total. The molecule has 0 saturated carbocycles. The van der Waals surface area contributed by atoms with Crippen molar-refractivity contribution in [2.24, 2.45) is 0 Å². The van der Waals surface area contributed by atoms with Gasteiger partial charge in [-0.25, -0.2) is 0 Å². The topological polar surface area (TPSA) is 72.1 Å². The van der Waals surface area contributed by atoms with E-state index >= 15 is 0 Å². The van der Waals surface area contributed by atoms with Crippen molar-refractivity contribution in [3.8, 4) is 11.5 Å². The molecule has 1 amide bonds. The molecule has 1 aliphatic rings. The molecule has 0 aliphatic carbocycles. The highest BCUT2D eigenvalue weighted by atomic mass is 35.5. The highest BCUT2D eigenvalue weighted by Gasteiger charge is 2.36. The van der Waals surface area contributed by atoms with Gasteiger partial charge in [-0.05, 0) is 30.3 Å². The Kier molecular flexibility index (Phi) is 4.15. The Balaban J connectivity index is 1.44. The molecular formula is C17H12Cl2N4O2. The van der Waals surface area contributed by atoms with Gasteiger partial charge in [-0.3, -0.25) is 9.78 Å². The second kappa shape index (κ2) is 6.46. The molecule has 4 rings (SSSR count). The van der Waals surface area contributed by atoms with Gasteiger partial charge in [0.05, 0.1) is 16.5 Å². The number of likely N-dealkylation sites (tertiary alicyclic amines) is 1. The van der Waals surface area contributed by atoms with Gasteiger partial charge < -0.3 is 9.42 Å². The normalized spacial score (nSPS) is 14.4. The number of carbonyl (C=O) groups is 1. The molecule has 126 valence electrons. The van der Waals surface area contributed by atoms with Gasteiger partial charge in [-0.1, -0.05) is 34.4 Å². The van der Waals surface area contributed by atoms with Gasteiger partial charge in [0.2, 0.25) is 11.7 Å². The second-order valence-corrected chi connectivity index (χ2v) is 6.55. The number of halogens is 2. The number of aromatic nitrogens is 3. The zero-order valence-electron chi connectivity index (χ0n) is 12.9. The van der Waals surface area contributed by atoms with Crippen LogP contribution in [-0.2, 0) is 0 Å². The number of nitrogens with zero attached hydrogens (tertiary/aromatic N) is 4. The lowest BCUT2D eigenvalue weighted by atomic mass is 9.98. The van der Waals surface area contributed by atoms with E-state index in [1.54, 1.807) is 29.3 Å². The molecule has 0 radical (unpaired) electrons. The first-order valence-electron chi connectivity index (χ1n) is 7.61. The molecule has 1 aliphatic heterocycles. The Morgan fingerprint density at radius 2 is 2.04 bits per heavy atom. The zero-order chi connectivity index (χ0) is 17.4. The molecule has 1 fully saturated rings. The number of pyridine rings is 1. The van der Waals surface area contributed by atoms with E-state index in [-0.39, 0.29) is 11.8 Å². The van der Waals surface area contributed by atoms with Crippen LogP contribution >= 0.6 is 23.2 Å². The maximum atomic E-state index is 12.5. The van der Waals surface area contributed by atoms with Crippen LogP contribution in [0, 0.1) is 0 Å². The van der Waals surface area contributed by atoms with Crippen molar-refractivity contribution in [1.29, 1.82) is 0 Å². The van der Waals surface area contributed by atoms with E-state index in [1.165, 1.54) is 0 Å². The van der Waals surface area contributed by atoms with Crippen LogP contribution in [0.3, 0.4) is 0 Å². The Morgan fingerprint density at radius 1 is 1.20 bits per heavy atom. The van der Waals surface area contributed by atoms with E-state index in [2.05, 4.69) is 15.1 Å². The molecule has 3 heterocycles. The van der Waals surface area contributed by atoms with E-state index in [1.807, 2.05) is 18.2 Å². The maximum absolute atomic E-state index is 12.5. The fourth-order valence-corrected chi connectivity index (χ4v) is 3.12. The molecule has 1 aromatic carbocycles. The summed E-state index contributed by atoms with van der Waals surface area (Å²) in [6, 6.07) is 10.3. The van der Waals surface area contributed by atoms with Crippen LogP contribution in [0.2, 0.25) is 10.0 Å². The summed E-state index contributed by atoms with van der Waals surface area (Å²) in [5.41, 5.74) is 1.09. The SMILES string of the molecule is O=C(c1ccc(Cl)cc1Cl)N1CC(c2nc(-c3ccccn3)no2)C1. The number of hydrogen-bond donors (Lipinski definition) is 0. The standard InChI is InChI=1S/C17H12Cl2N4O2/c18-11-4-5-12(13(19)7-11)17(24)23-8-10(9-23)16-21-15(22-25-16)14-3-1-2-6-20-14/h1-7,10H,8-9H2. The first kappa shape index (κ1) is 16.1. The summed E-state index contributed by atoms with van der Waals surface area (Å²) in [5.74, 6) is 0.829. The van der Waals surface area contributed by atoms with E-state index < -0.39 is 0 Å². The van der Waals surface area contributed by atoms with Crippen LogP contribution < -0.4 is 0 Å². The average Bonchev–Trinajstić information content (AvgIpc) is 3.04. The van der Waals surface area contributed by atoms with Crippen molar-refractivity contribution in [2.75, 3.05) is 13.1 Å². The summed E-state index contributed by atoms with van der Waals surface area (Å²) in [6.45, 7) is 1.00. The zero-order valence-corrected chi connectivity index (χ0v) is 14.4. The Hall–Kier alpha value is -2.44. The largest absolute Gasteiger partial charge is 0.338 e. The molecule has 8 heteroatoms. The number of carbonyl (C=O) groups excluding carboxylic acids is 1. The number of hydrogen-bond acceptors (Lipinski definition) is 5. The molecule has 3 aromatic rings. The lowest BCUT2D eigenvalue weighted by molar-refractivity contribution is 0.0569. The monoisotopic (exact) mass is 374 g/mol. The molecule has 25 heavy (non-hydrogen) atoms. The minimum Gasteiger partial charge on any atom is -0.338 e. The van der Waals surface area contributed by atoms with Crippen LogP contribution in [0.1, 0.15) is 22.2 Å². The van der Waals surface area contributed by atoms with Crippen molar-refractivity contribution in [1.82, 2.24) is 20.0 Å². The highest BCUT2D eigenvalue weighted by molar-refractivity contribution is 6.36. The van der Waals surface area contributed by atoms with Crippen molar-refractivity contribution in [3.63, 3.8) is 0 Å². The molecule has 0 bridgehead atoms. The first-order valence-corrected chi connectivity index (χ1v) is 8.37. The van der Waals surface area contributed by atoms with Crippen molar-refractivity contribution in [3.05, 3.63) is 64.1 Å². The van der Waals surface area contributed by atoms with Gasteiger partial charge in [0.15, 0.2) is 0 Å². The summed E-state index contributed by atoms with van der Waals surface area (Å²) in [4.78, 5) is 22.7. The van der Waals surface area contributed by atoms with E-state index in [9.17, 15) is 4.79 Å². The predicted octanol–water partition coefficient (Wildman–Crippen LogP) is 3.68. The van der Waals surface area contributed by atoms with Crippen LogP contribution in [0.5, 0.6) is 0 Å². The lowest BCUT2D eigenvalue weighted by Crippen LogP contribution is -2.48. The smallest absolute Gasteiger partial charge is 0.255 e. The maximum Gasteiger partial charge on any atom is 0.255 e. The molecule has 0 spiro atoms. The van der Waals surface area contributed by atoms with Gasteiger partial charge in [-0.15, -0.1) is 0 Å². The predicted molar refractivity (Wildman–Crippen MR) is 92.6 cm³/mol. The average molecular weight is 375 g/mol. The van der Waals surface area contributed by atoms with E-state index in [4.69, 9.17) is 27.7 Å². The minimum atomic E-state index is -0.137. The lowest BCUT2D eigenvalue weighted by Gasteiger charge is -2.37. The number of benzene rings is 1. The molecule has 1 saturated heterocycles. The number of rotatable bonds is 3. The third-order valence-electron chi connectivity index (χ3n) is 4.02. The summed E-state index contributed by atoms with van der Waals surface area (Å²) in [7, 11) is 0. The molecular weight excluding hydrogens is 363 g/mol. The van der Waals surface area contributed by atoms with Crippen LogP contribution in [0.15, 0.2) is 47.1 Å². The molecule has 0 unspecified atom stereocenters. The third kappa shape index (κ3) is 3.10.